The number of hydrogen-bond acceptors (Lipinski definition) is 3. The van der Waals surface area contributed by atoms with Crippen molar-refractivity contribution in [3.05, 3.63) is 24.2 Å². The van der Waals surface area contributed by atoms with Crippen molar-refractivity contribution in [1.82, 2.24) is 15.5 Å². The molecule has 2 N–H and O–H groups in total. The third-order valence-electron chi connectivity index (χ3n) is 4.72. The van der Waals surface area contributed by atoms with E-state index in [2.05, 4.69) is 10.6 Å². The zero-order chi connectivity index (χ0) is 17.4. The van der Waals surface area contributed by atoms with E-state index in [4.69, 9.17) is 4.42 Å². The monoisotopic (exact) mass is 335 g/mol. The van der Waals surface area contributed by atoms with Gasteiger partial charge in [0.1, 0.15) is 5.76 Å². The Labute approximate surface area is 144 Å². The number of hydrogen-bond donors (Lipinski definition) is 2. The van der Waals surface area contributed by atoms with Gasteiger partial charge in [0, 0.05) is 26.1 Å². The summed E-state index contributed by atoms with van der Waals surface area (Å²) >= 11 is 0. The highest BCUT2D eigenvalue weighted by Gasteiger charge is 2.19. The van der Waals surface area contributed by atoms with Crippen molar-refractivity contribution in [2.75, 3.05) is 13.6 Å². The van der Waals surface area contributed by atoms with E-state index in [0.717, 1.165) is 18.6 Å². The van der Waals surface area contributed by atoms with Gasteiger partial charge in [-0.25, -0.2) is 4.79 Å². The molecule has 24 heavy (non-hydrogen) atoms. The van der Waals surface area contributed by atoms with Crippen molar-refractivity contribution < 1.29 is 14.0 Å². The summed E-state index contributed by atoms with van der Waals surface area (Å²) in [6, 6.07) is 3.78. The second-order valence-corrected chi connectivity index (χ2v) is 6.53. The number of carbonyl (C=O) groups is 2. The molecule has 1 unspecified atom stereocenters. The van der Waals surface area contributed by atoms with Gasteiger partial charge in [0.25, 0.3) is 0 Å². The summed E-state index contributed by atoms with van der Waals surface area (Å²) in [5.41, 5.74) is 0. The minimum absolute atomic E-state index is 0.0494. The number of furan rings is 1. The summed E-state index contributed by atoms with van der Waals surface area (Å²) in [4.78, 5) is 25.7. The molecule has 6 nitrogen and oxygen atoms in total. The molecule has 1 aromatic rings. The molecule has 1 fully saturated rings. The molecule has 0 bridgehead atoms. The summed E-state index contributed by atoms with van der Waals surface area (Å²) < 4.78 is 5.34. The molecule has 134 valence electrons. The lowest BCUT2D eigenvalue weighted by atomic mass is 9.96. The van der Waals surface area contributed by atoms with Crippen LogP contribution in [0.1, 0.15) is 63.7 Å². The van der Waals surface area contributed by atoms with Crippen LogP contribution < -0.4 is 10.6 Å². The fraction of sp³-hybridized carbons (Fsp3) is 0.667. The lowest BCUT2D eigenvalue weighted by Crippen LogP contribution is -2.43. The summed E-state index contributed by atoms with van der Waals surface area (Å²) in [7, 11) is 1.78. The molecule has 0 aliphatic heterocycles. The third-order valence-corrected chi connectivity index (χ3v) is 4.72. The van der Waals surface area contributed by atoms with Gasteiger partial charge in [-0.3, -0.25) is 4.79 Å². The van der Waals surface area contributed by atoms with E-state index in [1.807, 2.05) is 19.1 Å². The van der Waals surface area contributed by atoms with E-state index < -0.39 is 0 Å². The molecule has 1 aromatic heterocycles. The number of nitrogens with one attached hydrogen (secondary N) is 2. The molecular formula is C18H29N3O3. The highest BCUT2D eigenvalue weighted by atomic mass is 16.3. The molecule has 1 aliphatic rings. The average molecular weight is 335 g/mol. The van der Waals surface area contributed by atoms with E-state index in [-0.39, 0.29) is 18.0 Å². The first-order chi connectivity index (χ1) is 11.6. The van der Waals surface area contributed by atoms with Crippen molar-refractivity contribution in [2.45, 2.75) is 64.0 Å². The topological polar surface area (TPSA) is 74.6 Å². The Hall–Kier alpha value is -1.98. The van der Waals surface area contributed by atoms with Crippen molar-refractivity contribution in [1.29, 1.82) is 0 Å². The van der Waals surface area contributed by atoms with Gasteiger partial charge < -0.3 is 20.0 Å². The average Bonchev–Trinajstić information content (AvgIpc) is 3.12. The van der Waals surface area contributed by atoms with Crippen LogP contribution in [0.3, 0.4) is 0 Å². The van der Waals surface area contributed by atoms with E-state index >= 15 is 0 Å². The molecule has 6 heteroatoms. The molecule has 0 spiro atoms. The maximum Gasteiger partial charge on any atom is 0.315 e. The lowest BCUT2D eigenvalue weighted by Gasteiger charge is -2.24. The predicted octanol–water partition coefficient (Wildman–Crippen LogP) is 3.21. The SMILES string of the molecule is CC(c1ccco1)N(C)C(=O)CCCNC(=O)NC1CCCCC1. The van der Waals surface area contributed by atoms with Gasteiger partial charge in [0.05, 0.1) is 12.3 Å². The van der Waals surface area contributed by atoms with E-state index in [1.54, 1.807) is 18.2 Å². The second kappa shape index (κ2) is 9.35. The summed E-state index contributed by atoms with van der Waals surface area (Å²) in [6.45, 7) is 2.44. The molecule has 2 rings (SSSR count). The Bertz CT molecular complexity index is 510. The standard InChI is InChI=1S/C18H29N3O3/c1-14(16-10-7-13-24-16)21(2)17(22)11-6-12-19-18(23)20-15-8-4-3-5-9-15/h7,10,13-15H,3-6,8-9,11-12H2,1-2H3,(H2,19,20,23). The Kier molecular flexibility index (Phi) is 7.15. The van der Waals surface area contributed by atoms with Crippen molar-refractivity contribution in [3.63, 3.8) is 0 Å². The van der Waals surface area contributed by atoms with Crippen LogP contribution in [0.5, 0.6) is 0 Å². The van der Waals surface area contributed by atoms with Gasteiger partial charge in [-0.1, -0.05) is 19.3 Å². The Morgan fingerprint density at radius 3 is 2.75 bits per heavy atom. The number of carbonyl (C=O) groups excluding carboxylic acids is 2. The van der Waals surface area contributed by atoms with Crippen molar-refractivity contribution in [2.24, 2.45) is 0 Å². The van der Waals surface area contributed by atoms with Gasteiger partial charge in [-0.15, -0.1) is 0 Å². The van der Waals surface area contributed by atoms with Gasteiger partial charge in [-0.05, 0) is 38.3 Å². The highest BCUT2D eigenvalue weighted by molar-refractivity contribution is 5.76. The van der Waals surface area contributed by atoms with Crippen molar-refractivity contribution >= 4 is 11.9 Å². The number of urea groups is 1. The van der Waals surface area contributed by atoms with Crippen LogP contribution in [0, 0.1) is 0 Å². The number of rotatable bonds is 7. The van der Waals surface area contributed by atoms with Crippen LogP contribution in [0.25, 0.3) is 0 Å². The van der Waals surface area contributed by atoms with Crippen molar-refractivity contribution in [3.8, 4) is 0 Å². The minimum Gasteiger partial charge on any atom is -0.467 e. The molecule has 1 heterocycles. The van der Waals surface area contributed by atoms with Crippen LogP contribution in [-0.4, -0.2) is 36.5 Å². The molecule has 0 saturated heterocycles. The summed E-state index contributed by atoms with van der Waals surface area (Å²) in [6.07, 6.45) is 8.45. The van der Waals surface area contributed by atoms with Crippen LogP contribution in [0.2, 0.25) is 0 Å². The number of amides is 3. The Morgan fingerprint density at radius 2 is 2.08 bits per heavy atom. The quantitative estimate of drug-likeness (QED) is 0.751. The zero-order valence-corrected chi connectivity index (χ0v) is 14.7. The zero-order valence-electron chi connectivity index (χ0n) is 14.7. The molecule has 1 aliphatic carbocycles. The van der Waals surface area contributed by atoms with Crippen LogP contribution in [-0.2, 0) is 4.79 Å². The third kappa shape index (κ3) is 5.58. The molecule has 1 atom stereocenters. The minimum atomic E-state index is -0.119. The molecule has 0 aromatic carbocycles. The Morgan fingerprint density at radius 1 is 1.33 bits per heavy atom. The van der Waals surface area contributed by atoms with Gasteiger partial charge in [0.15, 0.2) is 0 Å². The highest BCUT2D eigenvalue weighted by Crippen LogP contribution is 2.20. The largest absolute Gasteiger partial charge is 0.467 e. The van der Waals surface area contributed by atoms with Gasteiger partial charge in [-0.2, -0.15) is 0 Å². The van der Waals surface area contributed by atoms with E-state index in [1.165, 1.54) is 19.3 Å². The normalized spacial score (nSPS) is 16.4. The fourth-order valence-electron chi connectivity index (χ4n) is 3.04. The van der Waals surface area contributed by atoms with E-state index in [9.17, 15) is 9.59 Å². The predicted molar refractivity (Wildman–Crippen MR) is 92.5 cm³/mol. The van der Waals surface area contributed by atoms with Gasteiger partial charge >= 0.3 is 6.03 Å². The van der Waals surface area contributed by atoms with Crippen LogP contribution in [0.15, 0.2) is 22.8 Å². The molecule has 0 radical (unpaired) electrons. The lowest BCUT2D eigenvalue weighted by molar-refractivity contribution is -0.132. The van der Waals surface area contributed by atoms with Crippen LogP contribution >= 0.6 is 0 Å². The molecule has 1 saturated carbocycles. The van der Waals surface area contributed by atoms with E-state index in [0.29, 0.717) is 25.4 Å². The molecular weight excluding hydrogens is 306 g/mol. The summed E-state index contributed by atoms with van der Waals surface area (Å²) in [5, 5.41) is 5.85. The first-order valence-corrected chi connectivity index (χ1v) is 8.91. The maximum absolute atomic E-state index is 12.2. The first kappa shape index (κ1) is 18.4. The Balaban J connectivity index is 1.60. The van der Waals surface area contributed by atoms with Crippen LogP contribution in [0.4, 0.5) is 4.79 Å². The van der Waals surface area contributed by atoms with Gasteiger partial charge in [0.2, 0.25) is 5.91 Å². The molecule has 3 amide bonds. The first-order valence-electron chi connectivity index (χ1n) is 8.91. The summed E-state index contributed by atoms with van der Waals surface area (Å²) in [5.74, 6) is 0.823. The fourth-order valence-corrected chi connectivity index (χ4v) is 3.04. The smallest absolute Gasteiger partial charge is 0.315 e. The number of nitrogens with zero attached hydrogens (tertiary/aromatic N) is 1. The maximum atomic E-state index is 12.2. The second-order valence-electron chi connectivity index (χ2n) is 6.53.